The van der Waals surface area contributed by atoms with Gasteiger partial charge in [0.15, 0.2) is 0 Å². The molecule has 0 aliphatic carbocycles. The Morgan fingerprint density at radius 3 is 2.67 bits per heavy atom. The van der Waals surface area contributed by atoms with Gasteiger partial charge in [-0.05, 0) is 60.7 Å². The molecule has 92 valence electrons. The van der Waals surface area contributed by atoms with Gasteiger partial charge in [-0.25, -0.2) is 0 Å². The van der Waals surface area contributed by atoms with Crippen LogP contribution in [0.25, 0.3) is 11.1 Å². The average Bonchev–Trinajstić information content (AvgIpc) is 2.82. The summed E-state index contributed by atoms with van der Waals surface area (Å²) in [4.78, 5) is 0. The summed E-state index contributed by atoms with van der Waals surface area (Å²) in [6.45, 7) is 5.26. The number of aryl methyl sites for hydroxylation is 2. The van der Waals surface area contributed by atoms with Crippen LogP contribution in [0.4, 0.5) is 5.69 Å². The van der Waals surface area contributed by atoms with Crippen LogP contribution in [-0.4, -0.2) is 6.54 Å². The number of nitrogens with one attached hydrogen (secondary N) is 1. The third-order valence-corrected chi connectivity index (χ3v) is 4.05. The molecule has 1 nitrogen and oxygen atoms in total. The van der Waals surface area contributed by atoms with Gasteiger partial charge in [0.1, 0.15) is 0 Å². The molecule has 18 heavy (non-hydrogen) atoms. The molecule has 1 N–H and O–H groups in total. The van der Waals surface area contributed by atoms with E-state index in [0.717, 1.165) is 23.6 Å². The highest BCUT2D eigenvalue weighted by molar-refractivity contribution is 6.33. The van der Waals surface area contributed by atoms with Gasteiger partial charge in [0.2, 0.25) is 0 Å². The Kier molecular flexibility index (Phi) is 2.79. The van der Waals surface area contributed by atoms with Gasteiger partial charge in [-0.1, -0.05) is 23.7 Å². The van der Waals surface area contributed by atoms with Gasteiger partial charge in [0, 0.05) is 22.8 Å². The van der Waals surface area contributed by atoms with Crippen LogP contribution in [0.5, 0.6) is 0 Å². The number of rotatable bonds is 1. The van der Waals surface area contributed by atoms with Crippen LogP contribution in [0.15, 0.2) is 30.3 Å². The molecular formula is C16H16ClN. The third kappa shape index (κ3) is 1.79. The topological polar surface area (TPSA) is 12.0 Å². The van der Waals surface area contributed by atoms with E-state index in [9.17, 15) is 0 Å². The molecular weight excluding hydrogens is 242 g/mol. The predicted molar refractivity (Wildman–Crippen MR) is 78.6 cm³/mol. The molecule has 1 aliphatic rings. The molecule has 0 spiro atoms. The molecule has 0 saturated heterocycles. The first-order valence-electron chi connectivity index (χ1n) is 6.29. The highest BCUT2D eigenvalue weighted by Gasteiger charge is 2.16. The average molecular weight is 258 g/mol. The maximum Gasteiger partial charge on any atom is 0.0487 e. The lowest BCUT2D eigenvalue weighted by molar-refractivity contribution is 1.11. The number of benzene rings is 2. The zero-order chi connectivity index (χ0) is 12.7. The molecule has 2 heteroatoms. The van der Waals surface area contributed by atoms with Crippen molar-refractivity contribution in [3.63, 3.8) is 0 Å². The van der Waals surface area contributed by atoms with Crippen LogP contribution in [-0.2, 0) is 6.42 Å². The fourth-order valence-electron chi connectivity index (χ4n) is 2.58. The summed E-state index contributed by atoms with van der Waals surface area (Å²) in [5, 5.41) is 4.26. The van der Waals surface area contributed by atoms with Gasteiger partial charge < -0.3 is 5.32 Å². The quantitative estimate of drug-likeness (QED) is 0.788. The highest BCUT2D eigenvalue weighted by atomic mass is 35.5. The van der Waals surface area contributed by atoms with Crippen molar-refractivity contribution in [1.29, 1.82) is 0 Å². The molecule has 0 fully saturated rings. The summed E-state index contributed by atoms with van der Waals surface area (Å²) in [7, 11) is 0. The number of halogens is 1. The molecule has 1 heterocycles. The zero-order valence-electron chi connectivity index (χ0n) is 10.7. The Bertz CT molecular complexity index is 617. The van der Waals surface area contributed by atoms with E-state index in [1.807, 2.05) is 0 Å². The van der Waals surface area contributed by atoms with Crippen molar-refractivity contribution in [2.75, 3.05) is 11.9 Å². The van der Waals surface area contributed by atoms with Gasteiger partial charge in [0.05, 0.1) is 0 Å². The maximum absolute atomic E-state index is 6.42. The van der Waals surface area contributed by atoms with E-state index in [4.69, 9.17) is 11.6 Å². The van der Waals surface area contributed by atoms with Crippen LogP contribution >= 0.6 is 11.6 Å². The Balaban J connectivity index is 2.22. The van der Waals surface area contributed by atoms with Gasteiger partial charge in [-0.2, -0.15) is 0 Å². The third-order valence-electron chi connectivity index (χ3n) is 3.74. The molecule has 0 amide bonds. The van der Waals surface area contributed by atoms with E-state index >= 15 is 0 Å². The monoisotopic (exact) mass is 257 g/mol. The molecule has 2 aromatic rings. The summed E-state index contributed by atoms with van der Waals surface area (Å²) in [6.07, 6.45) is 1.08. The lowest BCUT2D eigenvalue weighted by Gasteiger charge is -2.12. The molecule has 0 aromatic heterocycles. The molecule has 1 aliphatic heterocycles. The molecule has 0 unspecified atom stereocenters. The second-order valence-electron chi connectivity index (χ2n) is 4.92. The molecule has 3 rings (SSSR count). The van der Waals surface area contributed by atoms with E-state index in [0.29, 0.717) is 0 Å². The largest absolute Gasteiger partial charge is 0.384 e. The van der Waals surface area contributed by atoms with Crippen molar-refractivity contribution in [2.24, 2.45) is 0 Å². The Morgan fingerprint density at radius 1 is 1.06 bits per heavy atom. The summed E-state index contributed by atoms with van der Waals surface area (Å²) >= 11 is 6.42. The first kappa shape index (κ1) is 11.6. The minimum absolute atomic E-state index is 0.846. The van der Waals surface area contributed by atoms with Crippen molar-refractivity contribution < 1.29 is 0 Å². The van der Waals surface area contributed by atoms with Crippen molar-refractivity contribution in [1.82, 2.24) is 0 Å². The van der Waals surface area contributed by atoms with Gasteiger partial charge in [-0.15, -0.1) is 0 Å². The van der Waals surface area contributed by atoms with E-state index < -0.39 is 0 Å². The first-order valence-corrected chi connectivity index (χ1v) is 6.67. The zero-order valence-corrected chi connectivity index (χ0v) is 11.4. The van der Waals surface area contributed by atoms with Gasteiger partial charge >= 0.3 is 0 Å². The van der Waals surface area contributed by atoms with E-state index in [2.05, 4.69) is 49.5 Å². The summed E-state index contributed by atoms with van der Waals surface area (Å²) in [5.74, 6) is 0. The van der Waals surface area contributed by atoms with Crippen molar-refractivity contribution in [3.05, 3.63) is 52.0 Å². The fourth-order valence-corrected chi connectivity index (χ4v) is 2.90. The summed E-state index contributed by atoms with van der Waals surface area (Å²) in [6, 6.07) is 10.7. The van der Waals surface area contributed by atoms with Gasteiger partial charge in [-0.3, -0.25) is 0 Å². The Hall–Kier alpha value is -1.47. The Morgan fingerprint density at radius 2 is 1.83 bits per heavy atom. The minimum Gasteiger partial charge on any atom is -0.384 e. The van der Waals surface area contributed by atoms with E-state index in [1.54, 1.807) is 0 Å². The van der Waals surface area contributed by atoms with Gasteiger partial charge in [0.25, 0.3) is 0 Å². The first-order chi connectivity index (χ1) is 8.66. The number of anilines is 1. The van der Waals surface area contributed by atoms with Crippen molar-refractivity contribution >= 4 is 17.3 Å². The van der Waals surface area contributed by atoms with Crippen LogP contribution in [0, 0.1) is 13.8 Å². The smallest absolute Gasteiger partial charge is 0.0487 e. The Labute approximate surface area is 113 Å². The standard InChI is InChI=1S/C16H16ClN/c1-10-8-14(15(17)9-11(10)2)12-4-3-5-16-13(12)6-7-18-16/h3-5,8-9,18H,6-7H2,1-2H3. The predicted octanol–water partition coefficient (Wildman–Crippen LogP) is 4.59. The minimum atomic E-state index is 0.846. The van der Waals surface area contributed by atoms with Crippen LogP contribution in [0.1, 0.15) is 16.7 Å². The van der Waals surface area contributed by atoms with Crippen LogP contribution in [0.3, 0.4) is 0 Å². The van der Waals surface area contributed by atoms with Crippen LogP contribution in [0.2, 0.25) is 5.02 Å². The normalized spacial score (nSPS) is 13.3. The number of fused-ring (bicyclic) bond motifs is 1. The van der Waals surface area contributed by atoms with E-state index in [-0.39, 0.29) is 0 Å². The molecule has 0 saturated carbocycles. The SMILES string of the molecule is Cc1cc(Cl)c(-c2cccc3c2CCN3)cc1C. The second-order valence-corrected chi connectivity index (χ2v) is 5.33. The van der Waals surface area contributed by atoms with Crippen molar-refractivity contribution in [3.8, 4) is 11.1 Å². The molecule has 0 radical (unpaired) electrons. The fraction of sp³-hybridized carbons (Fsp3) is 0.250. The highest BCUT2D eigenvalue weighted by Crippen LogP contribution is 2.37. The lowest BCUT2D eigenvalue weighted by atomic mass is 9.95. The lowest BCUT2D eigenvalue weighted by Crippen LogP contribution is -1.90. The van der Waals surface area contributed by atoms with Crippen LogP contribution < -0.4 is 5.32 Å². The summed E-state index contributed by atoms with van der Waals surface area (Å²) < 4.78 is 0. The molecule has 0 bridgehead atoms. The molecule has 2 aromatic carbocycles. The summed E-state index contributed by atoms with van der Waals surface area (Å²) in [5.41, 5.74) is 7.60. The molecule has 0 atom stereocenters. The number of hydrogen-bond acceptors (Lipinski definition) is 1. The second kappa shape index (κ2) is 4.33. The maximum atomic E-state index is 6.42. The van der Waals surface area contributed by atoms with Crippen molar-refractivity contribution in [2.45, 2.75) is 20.3 Å². The number of hydrogen-bond donors (Lipinski definition) is 1. The van der Waals surface area contributed by atoms with E-state index in [1.165, 1.54) is 27.9 Å².